The molecule has 0 radical (unpaired) electrons. The number of carbonyl (C=O) groups is 1. The number of ether oxygens (including phenoxy) is 1. The van der Waals surface area contributed by atoms with Crippen molar-refractivity contribution in [3.8, 4) is 5.75 Å². The average Bonchev–Trinajstić information content (AvgIpc) is 2.92. The first-order valence-electron chi connectivity index (χ1n) is 8.33. The van der Waals surface area contributed by atoms with Gasteiger partial charge in [-0.2, -0.15) is 0 Å². The summed E-state index contributed by atoms with van der Waals surface area (Å²) in [5.41, 5.74) is 1.10. The van der Waals surface area contributed by atoms with E-state index in [0.29, 0.717) is 13.1 Å². The van der Waals surface area contributed by atoms with Gasteiger partial charge in [-0.1, -0.05) is 12.1 Å². The molecule has 1 fully saturated rings. The largest absolute Gasteiger partial charge is 0.481 e. The highest BCUT2D eigenvalue weighted by molar-refractivity contribution is 7.11. The van der Waals surface area contributed by atoms with E-state index in [1.807, 2.05) is 6.92 Å². The molecule has 1 aromatic carbocycles. The molecule has 7 heteroatoms. The molecule has 25 heavy (non-hydrogen) atoms. The molecule has 0 aliphatic carbocycles. The smallest absolute Gasteiger partial charge is 0.260 e. The molecule has 1 aliphatic heterocycles. The van der Waals surface area contributed by atoms with Gasteiger partial charge in [0.15, 0.2) is 18.2 Å². The minimum Gasteiger partial charge on any atom is -0.481 e. The maximum absolute atomic E-state index is 13.5. The third kappa shape index (κ3) is 4.55. The van der Waals surface area contributed by atoms with Crippen molar-refractivity contribution in [3.63, 3.8) is 0 Å². The number of piperazine rings is 1. The van der Waals surface area contributed by atoms with E-state index >= 15 is 0 Å². The molecule has 1 aromatic heterocycles. The Bertz CT molecular complexity index is 722. The Morgan fingerprint density at radius 2 is 1.96 bits per heavy atom. The Morgan fingerprint density at radius 3 is 2.60 bits per heavy atom. The lowest BCUT2D eigenvalue weighted by molar-refractivity contribution is -0.135. The highest BCUT2D eigenvalue weighted by Gasteiger charge is 2.22. The lowest BCUT2D eigenvalue weighted by atomic mass is 10.3. The van der Waals surface area contributed by atoms with Crippen LogP contribution in [-0.4, -0.2) is 53.5 Å². The van der Waals surface area contributed by atoms with Gasteiger partial charge in [0, 0.05) is 31.1 Å². The molecule has 0 atom stereocenters. The minimum atomic E-state index is -0.450. The molecule has 1 saturated heterocycles. The van der Waals surface area contributed by atoms with E-state index in [1.54, 1.807) is 28.4 Å². The van der Waals surface area contributed by atoms with Gasteiger partial charge < -0.3 is 9.64 Å². The SMILES string of the molecule is Cc1nc(CN2CCN(C(=O)COc3ccccc3F)CC2)sc1C. The molecule has 0 bridgehead atoms. The fourth-order valence-electron chi connectivity index (χ4n) is 2.75. The second-order valence-corrected chi connectivity index (χ2v) is 7.41. The summed E-state index contributed by atoms with van der Waals surface area (Å²) in [5.74, 6) is -0.443. The number of thiazole rings is 1. The molecule has 0 N–H and O–H groups in total. The van der Waals surface area contributed by atoms with Crippen molar-refractivity contribution in [1.82, 2.24) is 14.8 Å². The first kappa shape index (κ1) is 17.8. The van der Waals surface area contributed by atoms with Gasteiger partial charge in [-0.05, 0) is 26.0 Å². The van der Waals surface area contributed by atoms with Gasteiger partial charge in [0.2, 0.25) is 0 Å². The summed E-state index contributed by atoms with van der Waals surface area (Å²) in [5, 5.41) is 1.12. The van der Waals surface area contributed by atoms with Crippen LogP contribution in [0.4, 0.5) is 4.39 Å². The zero-order chi connectivity index (χ0) is 17.8. The fourth-order valence-corrected chi connectivity index (χ4v) is 3.72. The highest BCUT2D eigenvalue weighted by atomic mass is 32.1. The summed E-state index contributed by atoms with van der Waals surface area (Å²) in [4.78, 5) is 22.2. The molecule has 1 aliphatic rings. The van der Waals surface area contributed by atoms with Crippen molar-refractivity contribution in [2.45, 2.75) is 20.4 Å². The lowest BCUT2D eigenvalue weighted by Gasteiger charge is -2.34. The Balaban J connectivity index is 1.45. The molecule has 0 saturated carbocycles. The topological polar surface area (TPSA) is 45.7 Å². The van der Waals surface area contributed by atoms with E-state index in [1.165, 1.54) is 17.0 Å². The van der Waals surface area contributed by atoms with Gasteiger partial charge in [-0.25, -0.2) is 9.37 Å². The van der Waals surface area contributed by atoms with Crippen LogP contribution in [0.5, 0.6) is 5.75 Å². The summed E-state index contributed by atoms with van der Waals surface area (Å²) in [7, 11) is 0. The second kappa shape index (κ2) is 7.93. The van der Waals surface area contributed by atoms with Gasteiger partial charge in [0.05, 0.1) is 12.2 Å². The number of hydrogen-bond donors (Lipinski definition) is 0. The minimum absolute atomic E-state index is 0.108. The van der Waals surface area contributed by atoms with Crippen LogP contribution in [-0.2, 0) is 11.3 Å². The predicted octanol–water partition coefficient (Wildman–Crippen LogP) is 2.62. The average molecular weight is 363 g/mol. The number of hydrogen-bond acceptors (Lipinski definition) is 5. The molecule has 2 heterocycles. The number of carbonyl (C=O) groups excluding carboxylic acids is 1. The Labute approximate surface area is 151 Å². The van der Waals surface area contributed by atoms with E-state index in [0.717, 1.165) is 30.3 Å². The van der Waals surface area contributed by atoms with Crippen molar-refractivity contribution in [3.05, 3.63) is 45.7 Å². The van der Waals surface area contributed by atoms with Crippen LogP contribution in [0, 0.1) is 19.7 Å². The van der Waals surface area contributed by atoms with Gasteiger partial charge in [0.1, 0.15) is 5.01 Å². The second-order valence-electron chi connectivity index (χ2n) is 6.13. The Hall–Kier alpha value is -1.99. The van der Waals surface area contributed by atoms with Gasteiger partial charge in [-0.3, -0.25) is 9.69 Å². The summed E-state index contributed by atoms with van der Waals surface area (Å²) < 4.78 is 18.8. The fraction of sp³-hybridized carbons (Fsp3) is 0.444. The predicted molar refractivity (Wildman–Crippen MR) is 95.3 cm³/mol. The number of para-hydroxylation sites is 1. The standard InChI is InChI=1S/C18H22FN3O2S/c1-13-14(2)25-17(20-13)11-21-7-9-22(10-8-21)18(23)12-24-16-6-4-3-5-15(16)19/h3-6H,7-12H2,1-2H3. The van der Waals surface area contributed by atoms with Crippen LogP contribution in [0.3, 0.4) is 0 Å². The number of benzene rings is 1. The first-order valence-corrected chi connectivity index (χ1v) is 9.15. The first-order chi connectivity index (χ1) is 12.0. The van der Waals surface area contributed by atoms with Crippen molar-refractivity contribution in [1.29, 1.82) is 0 Å². The number of nitrogens with zero attached hydrogens (tertiary/aromatic N) is 3. The van der Waals surface area contributed by atoms with Crippen LogP contribution in [0.1, 0.15) is 15.6 Å². The van der Waals surface area contributed by atoms with Gasteiger partial charge in [0.25, 0.3) is 5.91 Å². The van der Waals surface area contributed by atoms with Crippen molar-refractivity contribution in [2.75, 3.05) is 32.8 Å². The molecule has 1 amide bonds. The summed E-state index contributed by atoms with van der Waals surface area (Å²) in [6.07, 6.45) is 0. The third-order valence-corrected chi connectivity index (χ3v) is 5.40. The maximum atomic E-state index is 13.5. The Kier molecular flexibility index (Phi) is 5.65. The van der Waals surface area contributed by atoms with Crippen LogP contribution < -0.4 is 4.74 Å². The molecular formula is C18H22FN3O2S. The van der Waals surface area contributed by atoms with Gasteiger partial charge in [-0.15, -0.1) is 11.3 Å². The normalized spacial score (nSPS) is 15.4. The monoisotopic (exact) mass is 363 g/mol. The van der Waals surface area contributed by atoms with Crippen molar-refractivity contribution >= 4 is 17.2 Å². The van der Waals surface area contributed by atoms with E-state index < -0.39 is 5.82 Å². The number of aromatic nitrogens is 1. The Morgan fingerprint density at radius 1 is 1.24 bits per heavy atom. The number of amides is 1. The summed E-state index contributed by atoms with van der Waals surface area (Å²) in [6.45, 7) is 7.74. The van der Waals surface area contributed by atoms with E-state index in [-0.39, 0.29) is 18.3 Å². The van der Waals surface area contributed by atoms with Crippen molar-refractivity contribution < 1.29 is 13.9 Å². The lowest BCUT2D eigenvalue weighted by Crippen LogP contribution is -2.49. The molecule has 134 valence electrons. The highest BCUT2D eigenvalue weighted by Crippen LogP contribution is 2.19. The maximum Gasteiger partial charge on any atom is 0.260 e. The molecule has 5 nitrogen and oxygen atoms in total. The van der Waals surface area contributed by atoms with Crippen LogP contribution in [0.2, 0.25) is 0 Å². The summed E-state index contributed by atoms with van der Waals surface area (Å²) >= 11 is 1.73. The zero-order valence-electron chi connectivity index (χ0n) is 14.5. The zero-order valence-corrected chi connectivity index (χ0v) is 15.3. The third-order valence-electron chi connectivity index (χ3n) is 4.34. The quantitative estimate of drug-likeness (QED) is 0.819. The molecular weight excluding hydrogens is 341 g/mol. The number of halogens is 1. The van der Waals surface area contributed by atoms with Gasteiger partial charge >= 0.3 is 0 Å². The van der Waals surface area contributed by atoms with Crippen LogP contribution >= 0.6 is 11.3 Å². The number of aryl methyl sites for hydroxylation is 2. The van der Waals surface area contributed by atoms with Crippen molar-refractivity contribution in [2.24, 2.45) is 0 Å². The van der Waals surface area contributed by atoms with Crippen LogP contribution in [0.25, 0.3) is 0 Å². The van der Waals surface area contributed by atoms with Crippen LogP contribution in [0.15, 0.2) is 24.3 Å². The van der Waals surface area contributed by atoms with E-state index in [4.69, 9.17) is 4.74 Å². The molecule has 0 unspecified atom stereocenters. The molecule has 3 rings (SSSR count). The number of rotatable bonds is 5. The van der Waals surface area contributed by atoms with E-state index in [9.17, 15) is 9.18 Å². The molecule has 2 aromatic rings. The summed E-state index contributed by atoms with van der Waals surface area (Å²) in [6, 6.07) is 6.12. The van der Waals surface area contributed by atoms with E-state index in [2.05, 4.69) is 16.8 Å². The molecule has 0 spiro atoms.